The minimum Gasteiger partial charge on any atom is -0.423 e. The molecule has 0 spiro atoms. The molecule has 1 fully saturated rings. The molecule has 1 saturated heterocycles. The first-order valence-electron chi connectivity index (χ1n) is 5.87. The largest absolute Gasteiger partial charge is 0.423 e. The molecule has 2 heterocycles. The number of hydrogen-bond acceptors (Lipinski definition) is 5. The van der Waals surface area contributed by atoms with E-state index in [4.69, 9.17) is 4.42 Å². The predicted molar refractivity (Wildman–Crippen MR) is 66.7 cm³/mol. The quantitative estimate of drug-likeness (QED) is 0.848. The summed E-state index contributed by atoms with van der Waals surface area (Å²) in [6, 6.07) is 8.37. The Morgan fingerprint density at radius 3 is 2.71 bits per heavy atom. The Kier molecular flexibility index (Phi) is 2.70. The number of nitrogens with zero attached hydrogens (tertiary/aromatic N) is 3. The zero-order chi connectivity index (χ0) is 11.7. The number of fused-ring (bicyclic) bond motifs is 1. The third-order valence-electron chi connectivity index (χ3n) is 3.05. The van der Waals surface area contributed by atoms with Crippen LogP contribution in [0.15, 0.2) is 28.7 Å². The lowest BCUT2D eigenvalue weighted by Crippen LogP contribution is -2.46. The lowest BCUT2D eigenvalue weighted by atomic mass is 10.3. The minimum absolute atomic E-state index is 0.579. The molecule has 0 radical (unpaired) electrons. The van der Waals surface area contributed by atoms with Crippen LogP contribution in [0.1, 0.15) is 0 Å². The normalized spacial score (nSPS) is 18.6. The van der Waals surface area contributed by atoms with Gasteiger partial charge in [0, 0.05) is 26.2 Å². The van der Waals surface area contributed by atoms with Gasteiger partial charge in [-0.05, 0) is 19.2 Å². The molecule has 5 nitrogen and oxygen atoms in total. The summed E-state index contributed by atoms with van der Waals surface area (Å²) in [6.07, 6.45) is 0. The number of hydrogen-bond donors (Lipinski definition) is 1. The first-order valence-corrected chi connectivity index (χ1v) is 5.87. The van der Waals surface area contributed by atoms with Gasteiger partial charge >= 0.3 is 6.01 Å². The second-order valence-electron chi connectivity index (χ2n) is 4.39. The van der Waals surface area contributed by atoms with Crippen LogP contribution in [-0.2, 0) is 0 Å². The van der Waals surface area contributed by atoms with E-state index in [9.17, 15) is 0 Å². The molecule has 1 aliphatic rings. The highest BCUT2D eigenvalue weighted by Crippen LogP contribution is 2.18. The molecule has 0 bridgehead atoms. The second-order valence-corrected chi connectivity index (χ2v) is 4.39. The van der Waals surface area contributed by atoms with Crippen molar-refractivity contribution in [2.45, 2.75) is 0 Å². The summed E-state index contributed by atoms with van der Waals surface area (Å²) in [6.45, 7) is 4.09. The molecule has 2 aromatic rings. The Morgan fingerprint density at radius 2 is 1.94 bits per heavy atom. The first-order chi connectivity index (χ1) is 8.31. The molecule has 17 heavy (non-hydrogen) atoms. The standard InChI is InChI=1S/C12H16N4O/c1-15-6-8-16(9-7-15)14-12-13-10-4-2-3-5-11(10)17-12/h2-5H,6-9H2,1H3,(H,13,14). The lowest BCUT2D eigenvalue weighted by molar-refractivity contribution is 0.175. The van der Waals surface area contributed by atoms with Crippen molar-refractivity contribution in [2.24, 2.45) is 0 Å². The zero-order valence-electron chi connectivity index (χ0n) is 9.89. The summed E-state index contributed by atoms with van der Waals surface area (Å²) < 4.78 is 5.62. The monoisotopic (exact) mass is 232 g/mol. The summed E-state index contributed by atoms with van der Waals surface area (Å²) in [5.41, 5.74) is 4.94. The van der Waals surface area contributed by atoms with Crippen molar-refractivity contribution in [2.75, 3.05) is 38.7 Å². The smallest absolute Gasteiger partial charge is 0.310 e. The van der Waals surface area contributed by atoms with Gasteiger partial charge in [-0.3, -0.25) is 5.43 Å². The van der Waals surface area contributed by atoms with Crippen LogP contribution in [0.5, 0.6) is 0 Å². The highest BCUT2D eigenvalue weighted by atomic mass is 16.4. The lowest BCUT2D eigenvalue weighted by Gasteiger charge is -2.31. The number of benzene rings is 1. The van der Waals surface area contributed by atoms with Crippen LogP contribution in [0.4, 0.5) is 6.01 Å². The fraction of sp³-hybridized carbons (Fsp3) is 0.417. The van der Waals surface area contributed by atoms with Crippen LogP contribution in [-0.4, -0.2) is 48.1 Å². The van der Waals surface area contributed by atoms with Gasteiger partial charge in [0.25, 0.3) is 0 Å². The maximum absolute atomic E-state index is 5.62. The third kappa shape index (κ3) is 2.25. The molecule has 1 aromatic heterocycles. The molecule has 0 unspecified atom stereocenters. The molecule has 1 aromatic carbocycles. The van der Waals surface area contributed by atoms with E-state index in [0.717, 1.165) is 37.3 Å². The number of para-hydroxylation sites is 2. The van der Waals surface area contributed by atoms with E-state index in [2.05, 4.69) is 27.4 Å². The Bertz CT molecular complexity index is 469. The van der Waals surface area contributed by atoms with Gasteiger partial charge in [-0.25, -0.2) is 5.01 Å². The highest BCUT2D eigenvalue weighted by Gasteiger charge is 2.15. The molecule has 0 amide bonds. The molecule has 90 valence electrons. The van der Waals surface area contributed by atoms with Crippen LogP contribution in [0.25, 0.3) is 11.1 Å². The van der Waals surface area contributed by atoms with E-state index in [-0.39, 0.29) is 0 Å². The molecular weight excluding hydrogens is 216 g/mol. The second kappa shape index (κ2) is 4.35. The Labute approximate surface area is 100.0 Å². The fourth-order valence-corrected chi connectivity index (χ4v) is 1.97. The maximum atomic E-state index is 5.62. The molecule has 3 rings (SSSR count). The SMILES string of the molecule is CN1CCN(Nc2nc3ccccc3o2)CC1. The summed E-state index contributed by atoms with van der Waals surface area (Å²) in [5, 5.41) is 2.14. The summed E-state index contributed by atoms with van der Waals surface area (Å²) >= 11 is 0. The van der Waals surface area contributed by atoms with E-state index < -0.39 is 0 Å². The number of likely N-dealkylation sites (N-methyl/N-ethyl adjacent to an activating group) is 1. The van der Waals surface area contributed by atoms with E-state index in [1.807, 2.05) is 24.3 Å². The van der Waals surface area contributed by atoms with Gasteiger partial charge in [-0.1, -0.05) is 12.1 Å². The molecule has 0 aliphatic carbocycles. The number of nitrogens with one attached hydrogen (secondary N) is 1. The van der Waals surface area contributed by atoms with Crippen molar-refractivity contribution in [1.82, 2.24) is 14.9 Å². The number of anilines is 1. The average Bonchev–Trinajstić information content (AvgIpc) is 2.74. The van der Waals surface area contributed by atoms with Crippen LogP contribution in [0, 0.1) is 0 Å². The van der Waals surface area contributed by atoms with Crippen molar-refractivity contribution < 1.29 is 4.42 Å². The van der Waals surface area contributed by atoms with Crippen molar-refractivity contribution >= 4 is 17.1 Å². The number of piperazine rings is 1. The molecule has 5 heteroatoms. The van der Waals surface area contributed by atoms with Gasteiger partial charge in [0.15, 0.2) is 5.58 Å². The van der Waals surface area contributed by atoms with Crippen LogP contribution in [0.3, 0.4) is 0 Å². The Morgan fingerprint density at radius 1 is 1.18 bits per heavy atom. The van der Waals surface area contributed by atoms with Crippen LogP contribution in [0.2, 0.25) is 0 Å². The number of hydrazine groups is 1. The van der Waals surface area contributed by atoms with Crippen molar-refractivity contribution in [3.8, 4) is 0 Å². The molecule has 1 aliphatic heterocycles. The number of rotatable bonds is 2. The van der Waals surface area contributed by atoms with Crippen LogP contribution < -0.4 is 5.43 Å². The average molecular weight is 232 g/mol. The van der Waals surface area contributed by atoms with Crippen LogP contribution >= 0.6 is 0 Å². The minimum atomic E-state index is 0.579. The first kappa shape index (κ1) is 10.6. The zero-order valence-corrected chi connectivity index (χ0v) is 9.89. The van der Waals surface area contributed by atoms with Gasteiger partial charge in [-0.15, -0.1) is 0 Å². The Hall–Kier alpha value is -1.59. The predicted octanol–water partition coefficient (Wildman–Crippen LogP) is 1.40. The molecule has 0 atom stereocenters. The number of aromatic nitrogens is 1. The molecule has 1 N–H and O–H groups in total. The van der Waals surface area contributed by atoms with E-state index in [0.29, 0.717) is 6.01 Å². The molecule has 0 saturated carbocycles. The van der Waals surface area contributed by atoms with Crippen molar-refractivity contribution in [3.63, 3.8) is 0 Å². The third-order valence-corrected chi connectivity index (χ3v) is 3.05. The van der Waals surface area contributed by atoms with Crippen molar-refractivity contribution in [1.29, 1.82) is 0 Å². The highest BCUT2D eigenvalue weighted by molar-refractivity contribution is 5.73. The summed E-state index contributed by atoms with van der Waals surface area (Å²) in [5.74, 6) is 0. The Balaban J connectivity index is 1.72. The van der Waals surface area contributed by atoms with E-state index in [1.54, 1.807) is 0 Å². The van der Waals surface area contributed by atoms with E-state index >= 15 is 0 Å². The van der Waals surface area contributed by atoms with Gasteiger partial charge in [0.05, 0.1) is 0 Å². The topological polar surface area (TPSA) is 44.5 Å². The fourth-order valence-electron chi connectivity index (χ4n) is 1.97. The molecular formula is C12H16N4O. The maximum Gasteiger partial charge on any atom is 0.310 e. The van der Waals surface area contributed by atoms with E-state index in [1.165, 1.54) is 0 Å². The van der Waals surface area contributed by atoms with Crippen molar-refractivity contribution in [3.05, 3.63) is 24.3 Å². The van der Waals surface area contributed by atoms with Gasteiger partial charge < -0.3 is 9.32 Å². The van der Waals surface area contributed by atoms with Gasteiger partial charge in [0.1, 0.15) is 5.52 Å². The van der Waals surface area contributed by atoms with Gasteiger partial charge in [0.2, 0.25) is 0 Å². The summed E-state index contributed by atoms with van der Waals surface area (Å²) in [4.78, 5) is 6.70. The number of oxazole rings is 1. The van der Waals surface area contributed by atoms with Gasteiger partial charge in [-0.2, -0.15) is 4.98 Å². The summed E-state index contributed by atoms with van der Waals surface area (Å²) in [7, 11) is 2.14.